The van der Waals surface area contributed by atoms with Gasteiger partial charge in [0.15, 0.2) is 0 Å². The highest BCUT2D eigenvalue weighted by Gasteiger charge is 2.21. The molecule has 0 unspecified atom stereocenters. The van der Waals surface area contributed by atoms with E-state index in [0.717, 1.165) is 11.1 Å². The van der Waals surface area contributed by atoms with Crippen LogP contribution in [0.1, 0.15) is 27.9 Å². The number of rotatable bonds is 6. The third-order valence-corrected chi connectivity index (χ3v) is 3.57. The van der Waals surface area contributed by atoms with Gasteiger partial charge in [-0.25, -0.2) is 4.79 Å². The molecule has 0 fully saturated rings. The summed E-state index contributed by atoms with van der Waals surface area (Å²) in [6, 6.07) is 4.74. The Morgan fingerprint density at radius 1 is 1.32 bits per heavy atom. The van der Waals surface area contributed by atoms with E-state index in [1.54, 1.807) is 11.8 Å². The van der Waals surface area contributed by atoms with Gasteiger partial charge in [0, 0.05) is 5.56 Å². The summed E-state index contributed by atoms with van der Waals surface area (Å²) in [4.78, 5) is 23.3. The van der Waals surface area contributed by atoms with Gasteiger partial charge < -0.3 is 10.4 Å². The van der Waals surface area contributed by atoms with Gasteiger partial charge in [-0.15, -0.1) is 0 Å². The van der Waals surface area contributed by atoms with Crippen LogP contribution in [-0.4, -0.2) is 35.0 Å². The van der Waals surface area contributed by atoms with Crippen molar-refractivity contribution in [1.82, 2.24) is 5.32 Å². The average Bonchev–Trinajstić information content (AvgIpc) is 2.33. The molecule has 0 spiro atoms. The number of nitrogens with one attached hydrogen (secondary N) is 1. The maximum Gasteiger partial charge on any atom is 0.326 e. The number of benzene rings is 1. The van der Waals surface area contributed by atoms with Crippen LogP contribution in [0.2, 0.25) is 0 Å². The molecule has 0 radical (unpaired) electrons. The monoisotopic (exact) mass is 281 g/mol. The zero-order valence-corrected chi connectivity index (χ0v) is 12.2. The fourth-order valence-electron chi connectivity index (χ4n) is 1.90. The van der Waals surface area contributed by atoms with Gasteiger partial charge in [0.1, 0.15) is 6.04 Å². The molecular formula is C14H19NO3S. The van der Waals surface area contributed by atoms with Crippen LogP contribution in [0.15, 0.2) is 18.2 Å². The molecule has 0 aliphatic heterocycles. The summed E-state index contributed by atoms with van der Waals surface area (Å²) in [7, 11) is 0. The first-order valence-electron chi connectivity index (χ1n) is 6.06. The Labute approximate surface area is 117 Å². The molecule has 5 heteroatoms. The van der Waals surface area contributed by atoms with E-state index in [1.165, 1.54) is 0 Å². The maximum atomic E-state index is 12.2. The van der Waals surface area contributed by atoms with Crippen LogP contribution in [0.3, 0.4) is 0 Å². The lowest BCUT2D eigenvalue weighted by molar-refractivity contribution is -0.139. The molecule has 0 aliphatic rings. The Hall–Kier alpha value is -1.49. The standard InChI is InChI=1S/C14H19NO3S/c1-9-5-4-6-10(2)12(9)13(16)15-11(14(17)18)7-8-19-3/h4-6,11H,7-8H2,1-3H3,(H,15,16)(H,17,18)/t11-/m1/s1. The summed E-state index contributed by atoms with van der Waals surface area (Å²) < 4.78 is 0. The molecule has 4 nitrogen and oxygen atoms in total. The molecular weight excluding hydrogens is 262 g/mol. The van der Waals surface area contributed by atoms with Crippen molar-refractivity contribution in [2.24, 2.45) is 0 Å². The van der Waals surface area contributed by atoms with E-state index >= 15 is 0 Å². The first-order chi connectivity index (χ1) is 8.97. The highest BCUT2D eigenvalue weighted by molar-refractivity contribution is 7.98. The number of thioether (sulfide) groups is 1. The summed E-state index contributed by atoms with van der Waals surface area (Å²) in [5, 5.41) is 11.7. The molecule has 0 aliphatic carbocycles. The zero-order chi connectivity index (χ0) is 14.4. The van der Waals surface area contributed by atoms with Crippen molar-refractivity contribution in [3.63, 3.8) is 0 Å². The molecule has 0 saturated heterocycles. The largest absolute Gasteiger partial charge is 0.480 e. The van der Waals surface area contributed by atoms with Crippen molar-refractivity contribution in [3.8, 4) is 0 Å². The third-order valence-electron chi connectivity index (χ3n) is 2.92. The van der Waals surface area contributed by atoms with Crippen molar-refractivity contribution < 1.29 is 14.7 Å². The van der Waals surface area contributed by atoms with Gasteiger partial charge in [0.2, 0.25) is 0 Å². The van der Waals surface area contributed by atoms with Crippen LogP contribution < -0.4 is 5.32 Å². The molecule has 0 bridgehead atoms. The van der Waals surface area contributed by atoms with Crippen molar-refractivity contribution in [1.29, 1.82) is 0 Å². The number of amides is 1. The highest BCUT2D eigenvalue weighted by Crippen LogP contribution is 2.13. The van der Waals surface area contributed by atoms with Gasteiger partial charge in [-0.05, 0) is 43.4 Å². The van der Waals surface area contributed by atoms with Gasteiger partial charge in [-0.3, -0.25) is 4.79 Å². The minimum Gasteiger partial charge on any atom is -0.480 e. The minimum atomic E-state index is -0.992. The van der Waals surface area contributed by atoms with E-state index in [1.807, 2.05) is 38.3 Å². The summed E-state index contributed by atoms with van der Waals surface area (Å²) in [6.07, 6.45) is 2.33. The van der Waals surface area contributed by atoms with E-state index in [4.69, 9.17) is 5.11 Å². The number of carbonyl (C=O) groups excluding carboxylic acids is 1. The van der Waals surface area contributed by atoms with Crippen LogP contribution in [0.5, 0.6) is 0 Å². The second-order valence-electron chi connectivity index (χ2n) is 4.41. The lowest BCUT2D eigenvalue weighted by Crippen LogP contribution is -2.41. The molecule has 0 heterocycles. The fourth-order valence-corrected chi connectivity index (χ4v) is 2.37. The van der Waals surface area contributed by atoms with E-state index in [0.29, 0.717) is 17.7 Å². The predicted octanol–water partition coefficient (Wildman–Crippen LogP) is 2.24. The molecule has 19 heavy (non-hydrogen) atoms. The SMILES string of the molecule is CSCC[C@@H](NC(=O)c1c(C)cccc1C)C(=O)O. The quantitative estimate of drug-likeness (QED) is 0.839. The van der Waals surface area contributed by atoms with E-state index in [2.05, 4.69) is 5.32 Å². The number of aliphatic carboxylic acids is 1. The lowest BCUT2D eigenvalue weighted by atomic mass is 10.0. The Morgan fingerprint density at radius 3 is 2.37 bits per heavy atom. The predicted molar refractivity (Wildman–Crippen MR) is 77.8 cm³/mol. The Bertz CT molecular complexity index is 454. The first kappa shape index (κ1) is 15.6. The third kappa shape index (κ3) is 4.28. The number of carbonyl (C=O) groups is 2. The molecule has 1 amide bonds. The smallest absolute Gasteiger partial charge is 0.326 e. The molecule has 1 rings (SSSR count). The van der Waals surface area contributed by atoms with Gasteiger partial charge in [0.25, 0.3) is 5.91 Å². The normalized spacial score (nSPS) is 11.9. The minimum absolute atomic E-state index is 0.316. The van der Waals surface area contributed by atoms with Crippen molar-refractivity contribution in [2.45, 2.75) is 26.3 Å². The van der Waals surface area contributed by atoms with Gasteiger partial charge in [0.05, 0.1) is 0 Å². The zero-order valence-electron chi connectivity index (χ0n) is 11.4. The van der Waals surface area contributed by atoms with Gasteiger partial charge >= 0.3 is 5.97 Å². The van der Waals surface area contributed by atoms with Crippen LogP contribution in [-0.2, 0) is 4.79 Å². The van der Waals surface area contributed by atoms with Crippen LogP contribution >= 0.6 is 11.8 Å². The number of hydrogen-bond donors (Lipinski definition) is 2. The Kier molecular flexibility index (Phi) is 5.89. The summed E-state index contributed by atoms with van der Waals surface area (Å²) >= 11 is 1.56. The molecule has 1 aromatic carbocycles. The molecule has 0 saturated carbocycles. The van der Waals surface area contributed by atoms with Crippen LogP contribution in [0.4, 0.5) is 0 Å². The number of carboxylic acids is 1. The van der Waals surface area contributed by atoms with Crippen molar-refractivity contribution in [2.75, 3.05) is 12.0 Å². The molecule has 1 aromatic rings. The summed E-state index contributed by atoms with van der Waals surface area (Å²) in [5.74, 6) is -0.609. The molecule has 0 aromatic heterocycles. The first-order valence-corrected chi connectivity index (χ1v) is 7.45. The van der Waals surface area contributed by atoms with E-state index < -0.39 is 12.0 Å². The molecule has 2 N–H and O–H groups in total. The molecule has 1 atom stereocenters. The fraction of sp³-hybridized carbons (Fsp3) is 0.429. The average molecular weight is 281 g/mol. The maximum absolute atomic E-state index is 12.2. The van der Waals surface area contributed by atoms with Crippen molar-refractivity contribution in [3.05, 3.63) is 34.9 Å². The topological polar surface area (TPSA) is 66.4 Å². The number of hydrogen-bond acceptors (Lipinski definition) is 3. The second kappa shape index (κ2) is 7.19. The van der Waals surface area contributed by atoms with Crippen LogP contribution in [0.25, 0.3) is 0 Å². The number of carboxylic acid groups (broad SMARTS) is 1. The molecule has 104 valence electrons. The van der Waals surface area contributed by atoms with Crippen molar-refractivity contribution >= 4 is 23.6 Å². The highest BCUT2D eigenvalue weighted by atomic mass is 32.2. The Morgan fingerprint density at radius 2 is 1.89 bits per heavy atom. The van der Waals surface area contributed by atoms with Crippen LogP contribution in [0, 0.1) is 13.8 Å². The Balaban J connectivity index is 2.85. The summed E-state index contributed by atoms with van der Waals surface area (Å²) in [5.41, 5.74) is 2.27. The van der Waals surface area contributed by atoms with Gasteiger partial charge in [-0.1, -0.05) is 18.2 Å². The number of aryl methyl sites for hydroxylation is 2. The lowest BCUT2D eigenvalue weighted by Gasteiger charge is -2.16. The van der Waals surface area contributed by atoms with E-state index in [9.17, 15) is 9.59 Å². The van der Waals surface area contributed by atoms with Gasteiger partial charge in [-0.2, -0.15) is 11.8 Å². The van der Waals surface area contributed by atoms with E-state index in [-0.39, 0.29) is 5.91 Å². The summed E-state index contributed by atoms with van der Waals surface area (Å²) in [6.45, 7) is 3.69. The second-order valence-corrected chi connectivity index (χ2v) is 5.40.